The van der Waals surface area contributed by atoms with Crippen molar-refractivity contribution < 1.29 is 34.1 Å². The summed E-state index contributed by atoms with van der Waals surface area (Å²) < 4.78 is 4.76. The van der Waals surface area contributed by atoms with Crippen molar-refractivity contribution in [2.45, 2.75) is 31.4 Å². The zero-order valence-electron chi connectivity index (χ0n) is 9.66. The van der Waals surface area contributed by atoms with E-state index in [1.165, 1.54) is 7.11 Å². The number of carboxylic acid groups (broad SMARTS) is 2. The number of nitrogens with zero attached hydrogens (tertiary/aromatic N) is 1. The molecule has 1 heterocycles. The number of carbonyl (C=O) groups is 4. The number of aliphatic carboxylic acids is 2. The fraction of sp³-hybridized carbons (Fsp3) is 0.600. The fourth-order valence-electron chi connectivity index (χ4n) is 1.76. The first-order chi connectivity index (χ1) is 8.38. The first kappa shape index (κ1) is 14.1. The molecule has 0 spiro atoms. The van der Waals surface area contributed by atoms with Crippen molar-refractivity contribution in [3.8, 4) is 0 Å². The van der Waals surface area contributed by atoms with Crippen LogP contribution in [0.4, 0.5) is 0 Å². The van der Waals surface area contributed by atoms with Crippen molar-refractivity contribution in [3.63, 3.8) is 0 Å². The summed E-state index contributed by atoms with van der Waals surface area (Å²) >= 11 is 0. The molecule has 8 nitrogen and oxygen atoms in total. The lowest BCUT2D eigenvalue weighted by Crippen LogP contribution is -2.46. The number of methoxy groups -OCH3 is 1. The predicted octanol–water partition coefficient (Wildman–Crippen LogP) is -0.922. The van der Waals surface area contributed by atoms with Gasteiger partial charge in [-0.2, -0.15) is 0 Å². The van der Waals surface area contributed by atoms with E-state index in [-0.39, 0.29) is 12.8 Å². The number of imide groups is 1. The van der Waals surface area contributed by atoms with Crippen LogP contribution in [-0.4, -0.2) is 58.1 Å². The van der Waals surface area contributed by atoms with Gasteiger partial charge in [0.15, 0.2) is 0 Å². The van der Waals surface area contributed by atoms with Gasteiger partial charge in [-0.15, -0.1) is 0 Å². The summed E-state index contributed by atoms with van der Waals surface area (Å²) in [6.45, 7) is 0. The van der Waals surface area contributed by atoms with Crippen LogP contribution in [0.25, 0.3) is 0 Å². The molecule has 100 valence electrons. The van der Waals surface area contributed by atoms with E-state index in [1.54, 1.807) is 0 Å². The van der Waals surface area contributed by atoms with E-state index in [0.717, 1.165) is 0 Å². The van der Waals surface area contributed by atoms with Crippen LogP contribution in [-0.2, 0) is 23.9 Å². The second kappa shape index (κ2) is 5.58. The standard InChI is InChI=1S/C10H13NO7/c1-18-6-4-7(12)11(9(6)15)5(10(16)17)2-3-8(13)14/h5-6H,2-4H2,1H3,(H,13,14)(H,16,17). The summed E-state index contributed by atoms with van der Waals surface area (Å²) in [7, 11) is 1.24. The van der Waals surface area contributed by atoms with Crippen molar-refractivity contribution in [3.05, 3.63) is 0 Å². The smallest absolute Gasteiger partial charge is 0.326 e. The van der Waals surface area contributed by atoms with Gasteiger partial charge >= 0.3 is 11.9 Å². The molecular weight excluding hydrogens is 246 g/mol. The number of amides is 2. The minimum Gasteiger partial charge on any atom is -0.481 e. The molecule has 2 atom stereocenters. The molecule has 2 N–H and O–H groups in total. The Hall–Kier alpha value is -1.96. The third kappa shape index (κ3) is 2.83. The number of ether oxygens (including phenoxy) is 1. The maximum atomic E-state index is 11.7. The third-order valence-corrected chi connectivity index (χ3v) is 2.65. The molecule has 0 aromatic carbocycles. The van der Waals surface area contributed by atoms with Crippen molar-refractivity contribution in [1.82, 2.24) is 4.90 Å². The zero-order valence-corrected chi connectivity index (χ0v) is 9.66. The van der Waals surface area contributed by atoms with Gasteiger partial charge in [0, 0.05) is 13.5 Å². The Morgan fingerprint density at radius 3 is 2.44 bits per heavy atom. The third-order valence-electron chi connectivity index (χ3n) is 2.65. The van der Waals surface area contributed by atoms with E-state index >= 15 is 0 Å². The first-order valence-electron chi connectivity index (χ1n) is 5.21. The van der Waals surface area contributed by atoms with Crippen LogP contribution in [0.2, 0.25) is 0 Å². The maximum absolute atomic E-state index is 11.7. The van der Waals surface area contributed by atoms with E-state index in [1.807, 2.05) is 0 Å². The van der Waals surface area contributed by atoms with Gasteiger partial charge in [0.25, 0.3) is 5.91 Å². The number of carbonyl (C=O) groups excluding carboxylic acids is 2. The van der Waals surface area contributed by atoms with Crippen LogP contribution in [0.5, 0.6) is 0 Å². The van der Waals surface area contributed by atoms with Gasteiger partial charge < -0.3 is 14.9 Å². The van der Waals surface area contributed by atoms with Gasteiger partial charge in [0.1, 0.15) is 12.1 Å². The number of rotatable bonds is 6. The minimum atomic E-state index is -1.46. The summed E-state index contributed by atoms with van der Waals surface area (Å²) in [4.78, 5) is 45.3. The van der Waals surface area contributed by atoms with Gasteiger partial charge in [-0.3, -0.25) is 19.3 Å². The molecule has 1 rings (SSSR count). The molecule has 1 saturated heterocycles. The molecule has 0 saturated carbocycles. The maximum Gasteiger partial charge on any atom is 0.326 e. The number of hydrogen-bond donors (Lipinski definition) is 2. The average Bonchev–Trinajstić information content (AvgIpc) is 2.55. The monoisotopic (exact) mass is 259 g/mol. The molecule has 0 radical (unpaired) electrons. The van der Waals surface area contributed by atoms with E-state index in [2.05, 4.69) is 0 Å². The Morgan fingerprint density at radius 1 is 1.44 bits per heavy atom. The van der Waals surface area contributed by atoms with Gasteiger partial charge in [-0.25, -0.2) is 4.79 Å². The molecule has 0 aromatic rings. The van der Waals surface area contributed by atoms with Crippen LogP contribution in [0.1, 0.15) is 19.3 Å². The SMILES string of the molecule is COC1CC(=O)N(C(CCC(=O)O)C(=O)O)C1=O. The molecule has 0 aliphatic carbocycles. The topological polar surface area (TPSA) is 121 Å². The molecule has 0 aromatic heterocycles. The van der Waals surface area contributed by atoms with Crippen molar-refractivity contribution >= 4 is 23.8 Å². The highest BCUT2D eigenvalue weighted by Crippen LogP contribution is 2.21. The molecule has 1 aliphatic heterocycles. The highest BCUT2D eigenvalue weighted by molar-refractivity contribution is 6.07. The number of carboxylic acids is 2. The number of hydrogen-bond acceptors (Lipinski definition) is 5. The Morgan fingerprint density at radius 2 is 2.06 bits per heavy atom. The Bertz CT molecular complexity index is 392. The fourth-order valence-corrected chi connectivity index (χ4v) is 1.76. The largest absolute Gasteiger partial charge is 0.481 e. The van der Waals surface area contributed by atoms with Crippen LogP contribution in [0.3, 0.4) is 0 Å². The van der Waals surface area contributed by atoms with Crippen LogP contribution >= 0.6 is 0 Å². The Labute approximate surface area is 102 Å². The molecule has 8 heteroatoms. The molecule has 0 bridgehead atoms. The quantitative estimate of drug-likeness (QED) is 0.591. The average molecular weight is 259 g/mol. The van der Waals surface area contributed by atoms with Crippen LogP contribution < -0.4 is 0 Å². The van der Waals surface area contributed by atoms with Crippen molar-refractivity contribution in [2.24, 2.45) is 0 Å². The lowest BCUT2D eigenvalue weighted by atomic mass is 10.1. The summed E-state index contributed by atoms with van der Waals surface area (Å²) in [5, 5.41) is 17.5. The predicted molar refractivity (Wildman–Crippen MR) is 55.6 cm³/mol. The zero-order chi connectivity index (χ0) is 13.9. The summed E-state index contributed by atoms with van der Waals surface area (Å²) in [6.07, 6.45) is -1.96. The van der Waals surface area contributed by atoms with Gasteiger partial charge in [0.2, 0.25) is 5.91 Å². The molecule has 1 aliphatic rings. The second-order valence-electron chi connectivity index (χ2n) is 3.82. The highest BCUT2D eigenvalue weighted by atomic mass is 16.5. The summed E-state index contributed by atoms with van der Waals surface area (Å²) in [6, 6.07) is -1.46. The molecule has 2 unspecified atom stereocenters. The lowest BCUT2D eigenvalue weighted by molar-refractivity contribution is -0.156. The summed E-state index contributed by atoms with van der Waals surface area (Å²) in [5.41, 5.74) is 0. The Balaban J connectivity index is 2.85. The molecule has 18 heavy (non-hydrogen) atoms. The van der Waals surface area contributed by atoms with Gasteiger partial charge in [-0.05, 0) is 6.42 Å². The van der Waals surface area contributed by atoms with Gasteiger partial charge in [0.05, 0.1) is 6.42 Å². The first-order valence-corrected chi connectivity index (χ1v) is 5.21. The van der Waals surface area contributed by atoms with Crippen LogP contribution in [0, 0.1) is 0 Å². The molecule has 1 fully saturated rings. The molecule has 2 amide bonds. The summed E-state index contributed by atoms with van der Waals surface area (Å²) in [5.74, 6) is -4.00. The number of likely N-dealkylation sites (tertiary alicyclic amines) is 1. The van der Waals surface area contributed by atoms with Crippen molar-refractivity contribution in [1.29, 1.82) is 0 Å². The lowest BCUT2D eigenvalue weighted by Gasteiger charge is -2.22. The van der Waals surface area contributed by atoms with Gasteiger partial charge in [-0.1, -0.05) is 0 Å². The van der Waals surface area contributed by atoms with E-state index in [0.29, 0.717) is 4.90 Å². The minimum absolute atomic E-state index is 0.216. The van der Waals surface area contributed by atoms with E-state index in [9.17, 15) is 19.2 Å². The second-order valence-corrected chi connectivity index (χ2v) is 3.82. The molecular formula is C10H13NO7. The van der Waals surface area contributed by atoms with Crippen LogP contribution in [0.15, 0.2) is 0 Å². The highest BCUT2D eigenvalue weighted by Gasteiger charge is 2.45. The van der Waals surface area contributed by atoms with Crippen molar-refractivity contribution in [2.75, 3.05) is 7.11 Å². The van der Waals surface area contributed by atoms with E-state index in [4.69, 9.17) is 14.9 Å². The normalized spacial score (nSPS) is 21.2. The van der Waals surface area contributed by atoms with E-state index < -0.39 is 42.3 Å². The Kier molecular flexibility index (Phi) is 4.38.